The van der Waals surface area contributed by atoms with Gasteiger partial charge in [0.1, 0.15) is 11.6 Å². The summed E-state index contributed by atoms with van der Waals surface area (Å²) in [5.74, 6) is 2.20. The van der Waals surface area contributed by atoms with Gasteiger partial charge in [0, 0.05) is 31.0 Å². The Labute approximate surface area is 164 Å². The minimum absolute atomic E-state index is 0.180. The number of H-pyrrole nitrogens is 1. The number of hydrogen-bond donors (Lipinski definition) is 1. The zero-order valence-electron chi connectivity index (χ0n) is 16.2. The molecule has 146 valence electrons. The summed E-state index contributed by atoms with van der Waals surface area (Å²) in [5, 5.41) is 0.495. The van der Waals surface area contributed by atoms with Gasteiger partial charge in [-0.2, -0.15) is 0 Å². The van der Waals surface area contributed by atoms with Crippen molar-refractivity contribution < 1.29 is 4.74 Å². The van der Waals surface area contributed by atoms with E-state index in [0.717, 1.165) is 30.2 Å². The summed E-state index contributed by atoms with van der Waals surface area (Å²) in [7, 11) is 0. The third-order valence-corrected chi connectivity index (χ3v) is 5.26. The average Bonchev–Trinajstić information content (AvgIpc) is 2.72. The molecule has 1 fully saturated rings. The van der Waals surface area contributed by atoms with E-state index in [1.807, 2.05) is 24.3 Å². The van der Waals surface area contributed by atoms with Gasteiger partial charge in [-0.25, -0.2) is 4.98 Å². The monoisotopic (exact) mass is 378 g/mol. The van der Waals surface area contributed by atoms with E-state index in [4.69, 9.17) is 4.74 Å². The molecule has 6 heteroatoms. The van der Waals surface area contributed by atoms with Gasteiger partial charge in [-0.1, -0.05) is 6.92 Å². The lowest BCUT2D eigenvalue weighted by Crippen LogP contribution is -2.35. The van der Waals surface area contributed by atoms with Crippen LogP contribution in [0.15, 0.2) is 47.5 Å². The fourth-order valence-electron chi connectivity index (χ4n) is 3.80. The number of ether oxygens (including phenoxy) is 1. The first-order valence-electron chi connectivity index (χ1n) is 9.99. The van der Waals surface area contributed by atoms with Gasteiger partial charge in [-0.3, -0.25) is 9.78 Å². The number of fused-ring (bicyclic) bond motifs is 1. The van der Waals surface area contributed by atoms with Crippen LogP contribution in [0.3, 0.4) is 0 Å². The summed E-state index contributed by atoms with van der Waals surface area (Å²) in [5.41, 5.74) is 1.31. The zero-order valence-corrected chi connectivity index (χ0v) is 16.2. The summed E-state index contributed by atoms with van der Waals surface area (Å²) in [6.07, 6.45) is 6.87. The summed E-state index contributed by atoms with van der Waals surface area (Å²) in [6, 6.07) is 9.44. The summed E-state index contributed by atoms with van der Waals surface area (Å²) in [6.45, 7) is 6.56. The van der Waals surface area contributed by atoms with Gasteiger partial charge in [0.05, 0.1) is 17.5 Å². The smallest absolute Gasteiger partial charge is 0.260 e. The lowest BCUT2D eigenvalue weighted by Gasteiger charge is -2.30. The SMILES string of the molecule is C[C@H]1CCCN(CCCOc2ccc(-c3nc4ccncc4c(=O)[nH]3)cc2)C1. The molecule has 1 aromatic carbocycles. The van der Waals surface area contributed by atoms with Gasteiger partial charge in [0.25, 0.3) is 5.56 Å². The number of likely N-dealkylation sites (tertiary alicyclic amines) is 1. The van der Waals surface area contributed by atoms with Crippen LogP contribution in [-0.2, 0) is 0 Å². The van der Waals surface area contributed by atoms with Gasteiger partial charge >= 0.3 is 0 Å². The van der Waals surface area contributed by atoms with E-state index in [9.17, 15) is 4.79 Å². The number of rotatable bonds is 6. The van der Waals surface area contributed by atoms with E-state index in [1.54, 1.807) is 12.3 Å². The predicted molar refractivity (Wildman–Crippen MR) is 111 cm³/mol. The molecular formula is C22H26N4O2. The number of nitrogens with one attached hydrogen (secondary N) is 1. The Morgan fingerprint density at radius 2 is 2.11 bits per heavy atom. The maximum Gasteiger partial charge on any atom is 0.260 e. The maximum absolute atomic E-state index is 12.2. The Hall–Kier alpha value is -2.73. The quantitative estimate of drug-likeness (QED) is 0.665. The van der Waals surface area contributed by atoms with E-state index in [1.165, 1.54) is 32.1 Å². The molecule has 28 heavy (non-hydrogen) atoms. The molecule has 6 nitrogen and oxygen atoms in total. The molecule has 0 bridgehead atoms. The number of aromatic nitrogens is 3. The van der Waals surface area contributed by atoms with Crippen LogP contribution in [0.4, 0.5) is 0 Å². The Morgan fingerprint density at radius 1 is 1.25 bits per heavy atom. The molecule has 3 heterocycles. The molecule has 0 aliphatic carbocycles. The fraction of sp³-hybridized carbons (Fsp3) is 0.409. The van der Waals surface area contributed by atoms with Crippen molar-refractivity contribution in [1.29, 1.82) is 0 Å². The molecule has 0 unspecified atom stereocenters. The third-order valence-electron chi connectivity index (χ3n) is 5.26. The minimum Gasteiger partial charge on any atom is -0.494 e. The molecular weight excluding hydrogens is 352 g/mol. The molecule has 1 aliphatic heterocycles. The summed E-state index contributed by atoms with van der Waals surface area (Å²) in [4.78, 5) is 26.1. The Kier molecular flexibility index (Phi) is 5.67. The lowest BCUT2D eigenvalue weighted by atomic mass is 10.0. The first kappa shape index (κ1) is 18.6. The van der Waals surface area contributed by atoms with Crippen LogP contribution >= 0.6 is 0 Å². The Bertz CT molecular complexity index is 984. The van der Waals surface area contributed by atoms with Crippen LogP contribution in [0.25, 0.3) is 22.3 Å². The Balaban J connectivity index is 1.34. The number of nitrogens with zero attached hydrogens (tertiary/aromatic N) is 3. The molecule has 0 spiro atoms. The second kappa shape index (κ2) is 8.52. The molecule has 4 rings (SSSR count). The van der Waals surface area contributed by atoms with Crippen LogP contribution < -0.4 is 10.3 Å². The highest BCUT2D eigenvalue weighted by molar-refractivity contribution is 5.78. The average molecular weight is 378 g/mol. The summed E-state index contributed by atoms with van der Waals surface area (Å²) >= 11 is 0. The van der Waals surface area contributed by atoms with E-state index in [0.29, 0.717) is 23.3 Å². The van der Waals surface area contributed by atoms with E-state index in [2.05, 4.69) is 26.8 Å². The van der Waals surface area contributed by atoms with Crippen LogP contribution in [0.2, 0.25) is 0 Å². The van der Waals surface area contributed by atoms with E-state index >= 15 is 0 Å². The number of pyridine rings is 1. The van der Waals surface area contributed by atoms with E-state index in [-0.39, 0.29) is 5.56 Å². The summed E-state index contributed by atoms with van der Waals surface area (Å²) < 4.78 is 5.88. The molecule has 0 radical (unpaired) electrons. The largest absolute Gasteiger partial charge is 0.494 e. The Morgan fingerprint density at radius 3 is 2.93 bits per heavy atom. The van der Waals surface area contributed by atoms with Crippen molar-refractivity contribution in [1.82, 2.24) is 19.9 Å². The first-order valence-corrected chi connectivity index (χ1v) is 9.99. The normalized spacial score (nSPS) is 17.7. The third kappa shape index (κ3) is 4.39. The molecule has 1 aliphatic rings. The highest BCUT2D eigenvalue weighted by Crippen LogP contribution is 2.20. The number of piperidine rings is 1. The molecule has 1 atom stereocenters. The topological polar surface area (TPSA) is 71.1 Å². The van der Waals surface area contributed by atoms with Gasteiger partial charge in [0.2, 0.25) is 0 Å². The molecule has 3 aromatic rings. The van der Waals surface area contributed by atoms with Crippen molar-refractivity contribution in [2.24, 2.45) is 5.92 Å². The van der Waals surface area contributed by atoms with Crippen molar-refractivity contribution in [3.8, 4) is 17.1 Å². The highest BCUT2D eigenvalue weighted by atomic mass is 16.5. The van der Waals surface area contributed by atoms with Crippen molar-refractivity contribution in [2.45, 2.75) is 26.2 Å². The lowest BCUT2D eigenvalue weighted by molar-refractivity contribution is 0.170. The van der Waals surface area contributed by atoms with Crippen molar-refractivity contribution >= 4 is 10.9 Å². The molecule has 0 amide bonds. The van der Waals surface area contributed by atoms with Crippen molar-refractivity contribution in [2.75, 3.05) is 26.2 Å². The number of aromatic amines is 1. The second-order valence-electron chi connectivity index (χ2n) is 7.58. The molecule has 1 saturated heterocycles. The second-order valence-corrected chi connectivity index (χ2v) is 7.58. The van der Waals surface area contributed by atoms with Crippen molar-refractivity contribution in [3.63, 3.8) is 0 Å². The van der Waals surface area contributed by atoms with Crippen LogP contribution in [0.5, 0.6) is 5.75 Å². The minimum atomic E-state index is -0.180. The molecule has 1 N–H and O–H groups in total. The van der Waals surface area contributed by atoms with Crippen LogP contribution in [0.1, 0.15) is 26.2 Å². The van der Waals surface area contributed by atoms with Gasteiger partial charge in [-0.05, 0) is 62.1 Å². The molecule has 2 aromatic heterocycles. The van der Waals surface area contributed by atoms with Gasteiger partial charge in [0.15, 0.2) is 0 Å². The first-order chi connectivity index (χ1) is 13.7. The predicted octanol–water partition coefficient (Wildman–Crippen LogP) is 3.49. The fourth-order valence-corrected chi connectivity index (χ4v) is 3.80. The molecule has 0 saturated carbocycles. The maximum atomic E-state index is 12.2. The highest BCUT2D eigenvalue weighted by Gasteiger charge is 2.15. The standard InChI is InChI=1S/C22H26N4O2/c1-16-4-2-11-26(15-16)12-3-13-28-18-7-5-17(6-8-18)21-24-20-9-10-23-14-19(20)22(27)25-21/h5-10,14,16H,2-4,11-13,15H2,1H3,(H,24,25,27)/t16-/m0/s1. The zero-order chi connectivity index (χ0) is 19.3. The van der Waals surface area contributed by atoms with Crippen LogP contribution in [0, 0.1) is 5.92 Å². The number of benzene rings is 1. The van der Waals surface area contributed by atoms with Crippen LogP contribution in [-0.4, -0.2) is 46.1 Å². The van der Waals surface area contributed by atoms with Gasteiger partial charge < -0.3 is 14.6 Å². The van der Waals surface area contributed by atoms with E-state index < -0.39 is 0 Å². The number of hydrogen-bond acceptors (Lipinski definition) is 5. The van der Waals surface area contributed by atoms with Gasteiger partial charge in [-0.15, -0.1) is 0 Å². The van der Waals surface area contributed by atoms with Crippen molar-refractivity contribution in [3.05, 3.63) is 53.1 Å².